The summed E-state index contributed by atoms with van der Waals surface area (Å²) in [5, 5.41) is 4.04. The third-order valence-corrected chi connectivity index (χ3v) is 5.29. The third-order valence-electron chi connectivity index (χ3n) is 5.06. The molecule has 4 rings (SSSR count). The molecule has 30 heavy (non-hydrogen) atoms. The van der Waals surface area contributed by atoms with Crippen LogP contribution in [0.4, 0.5) is 28.7 Å². The molecular weight excluding hydrogens is 400 g/mol. The lowest BCUT2D eigenvalue weighted by molar-refractivity contribution is 0.342. The van der Waals surface area contributed by atoms with E-state index in [1.165, 1.54) is 0 Å². The number of nitrogens with two attached hydrogens (primary N) is 1. The molecule has 1 saturated heterocycles. The number of para-hydroxylation sites is 2. The Labute approximate surface area is 181 Å². The van der Waals surface area contributed by atoms with Crippen molar-refractivity contribution >= 4 is 40.3 Å². The quantitative estimate of drug-likeness (QED) is 0.614. The molecule has 0 aliphatic carbocycles. The van der Waals surface area contributed by atoms with Crippen LogP contribution in [0, 0.1) is 0 Å². The number of ether oxygens (including phenoxy) is 1. The van der Waals surface area contributed by atoms with Crippen molar-refractivity contribution in [3.05, 3.63) is 59.9 Å². The van der Waals surface area contributed by atoms with Gasteiger partial charge >= 0.3 is 0 Å². The molecule has 0 atom stereocenters. The van der Waals surface area contributed by atoms with Crippen LogP contribution < -0.4 is 25.6 Å². The molecule has 3 aromatic rings. The first-order valence-electron chi connectivity index (χ1n) is 10.0. The summed E-state index contributed by atoms with van der Waals surface area (Å²) in [6.07, 6.45) is 1.54. The third kappa shape index (κ3) is 4.36. The Morgan fingerprint density at radius 1 is 1.03 bits per heavy atom. The molecule has 1 aliphatic rings. The highest BCUT2D eigenvalue weighted by molar-refractivity contribution is 6.30. The first-order valence-corrected chi connectivity index (χ1v) is 10.4. The van der Waals surface area contributed by atoms with Gasteiger partial charge < -0.3 is 25.6 Å². The lowest BCUT2D eigenvalue weighted by Gasteiger charge is -2.37. The predicted molar refractivity (Wildman–Crippen MR) is 123 cm³/mol. The average molecular weight is 425 g/mol. The first-order chi connectivity index (χ1) is 14.7. The van der Waals surface area contributed by atoms with E-state index < -0.39 is 0 Å². The van der Waals surface area contributed by atoms with Crippen molar-refractivity contribution < 1.29 is 4.74 Å². The zero-order valence-corrected chi connectivity index (χ0v) is 17.6. The van der Waals surface area contributed by atoms with Gasteiger partial charge in [-0.1, -0.05) is 29.8 Å². The Morgan fingerprint density at radius 2 is 1.80 bits per heavy atom. The Balaban J connectivity index is 1.49. The summed E-state index contributed by atoms with van der Waals surface area (Å²) in [5.74, 6) is 2.08. The molecule has 0 unspecified atom stereocenters. The summed E-state index contributed by atoms with van der Waals surface area (Å²) < 4.78 is 5.69. The minimum atomic E-state index is 0.528. The maximum atomic E-state index is 6.45. The van der Waals surface area contributed by atoms with E-state index in [-0.39, 0.29) is 0 Å². The number of nitrogen functional groups attached to an aromatic ring is 1. The molecule has 2 heterocycles. The van der Waals surface area contributed by atoms with Gasteiger partial charge in [0, 0.05) is 36.9 Å². The lowest BCUT2D eigenvalue weighted by atomic mass is 10.2. The second-order valence-electron chi connectivity index (χ2n) is 6.97. The van der Waals surface area contributed by atoms with Crippen molar-refractivity contribution in [2.75, 3.05) is 53.6 Å². The summed E-state index contributed by atoms with van der Waals surface area (Å²) in [5.41, 5.74) is 8.93. The van der Waals surface area contributed by atoms with Gasteiger partial charge in [-0.2, -0.15) is 0 Å². The topological polar surface area (TPSA) is 79.5 Å². The van der Waals surface area contributed by atoms with Gasteiger partial charge in [-0.05, 0) is 37.3 Å². The van der Waals surface area contributed by atoms with Crippen LogP contribution in [0.2, 0.25) is 5.02 Å². The first kappa shape index (κ1) is 20.1. The normalized spacial score (nSPS) is 13.9. The Morgan fingerprint density at radius 3 is 2.57 bits per heavy atom. The number of rotatable bonds is 6. The molecule has 0 radical (unpaired) electrons. The number of nitrogens with zero attached hydrogens (tertiary/aromatic N) is 4. The van der Waals surface area contributed by atoms with Crippen LogP contribution in [0.15, 0.2) is 54.9 Å². The molecule has 156 valence electrons. The van der Waals surface area contributed by atoms with Crippen LogP contribution in [0.3, 0.4) is 0 Å². The fraction of sp³-hybridized carbons (Fsp3) is 0.273. The van der Waals surface area contributed by atoms with E-state index in [1.807, 2.05) is 49.4 Å². The van der Waals surface area contributed by atoms with Crippen LogP contribution in [-0.2, 0) is 0 Å². The van der Waals surface area contributed by atoms with E-state index in [2.05, 4.69) is 31.2 Å². The molecular formula is C22H25ClN6O. The molecule has 0 spiro atoms. The zero-order chi connectivity index (χ0) is 20.9. The SMILES string of the molecule is CCOc1ccccc1Nc1ncnc(N2CCN(c3cccc(Cl)c3)CC2)c1N. The van der Waals surface area contributed by atoms with E-state index in [4.69, 9.17) is 22.1 Å². The molecule has 0 bridgehead atoms. The van der Waals surface area contributed by atoms with Gasteiger partial charge in [0.15, 0.2) is 11.6 Å². The van der Waals surface area contributed by atoms with Gasteiger partial charge in [0.1, 0.15) is 17.8 Å². The van der Waals surface area contributed by atoms with E-state index >= 15 is 0 Å². The highest BCUT2D eigenvalue weighted by atomic mass is 35.5. The Hall–Kier alpha value is -3.19. The molecule has 1 aromatic heterocycles. The van der Waals surface area contributed by atoms with E-state index in [1.54, 1.807) is 6.33 Å². The number of aromatic nitrogens is 2. The summed E-state index contributed by atoms with van der Waals surface area (Å²) >= 11 is 6.14. The van der Waals surface area contributed by atoms with E-state index in [0.717, 1.165) is 54.1 Å². The summed E-state index contributed by atoms with van der Waals surface area (Å²) in [7, 11) is 0. The monoisotopic (exact) mass is 424 g/mol. The van der Waals surface area contributed by atoms with Gasteiger partial charge in [-0.25, -0.2) is 9.97 Å². The maximum absolute atomic E-state index is 6.45. The van der Waals surface area contributed by atoms with Gasteiger partial charge in [-0.3, -0.25) is 0 Å². The van der Waals surface area contributed by atoms with Gasteiger partial charge in [0.05, 0.1) is 12.3 Å². The van der Waals surface area contributed by atoms with Crippen molar-refractivity contribution in [2.24, 2.45) is 0 Å². The molecule has 7 nitrogen and oxygen atoms in total. The van der Waals surface area contributed by atoms with Crippen LogP contribution in [-0.4, -0.2) is 42.8 Å². The van der Waals surface area contributed by atoms with Crippen molar-refractivity contribution in [3.8, 4) is 5.75 Å². The summed E-state index contributed by atoms with van der Waals surface area (Å²) in [4.78, 5) is 13.3. The van der Waals surface area contributed by atoms with E-state index in [9.17, 15) is 0 Å². The van der Waals surface area contributed by atoms with Gasteiger partial charge in [0.2, 0.25) is 0 Å². The Bertz CT molecular complexity index is 1010. The molecule has 8 heteroatoms. The van der Waals surface area contributed by atoms with Crippen LogP contribution in [0.25, 0.3) is 0 Å². The molecule has 0 amide bonds. The molecule has 1 fully saturated rings. The predicted octanol–water partition coefficient (Wildman–Crippen LogP) is 4.18. The minimum Gasteiger partial charge on any atom is -0.492 e. The second kappa shape index (κ2) is 9.09. The minimum absolute atomic E-state index is 0.528. The largest absolute Gasteiger partial charge is 0.492 e. The van der Waals surface area contributed by atoms with Crippen molar-refractivity contribution in [2.45, 2.75) is 6.92 Å². The molecule has 2 aromatic carbocycles. The number of nitrogens with one attached hydrogen (secondary N) is 1. The number of hydrogen-bond acceptors (Lipinski definition) is 7. The fourth-order valence-electron chi connectivity index (χ4n) is 3.57. The highest BCUT2D eigenvalue weighted by Gasteiger charge is 2.22. The van der Waals surface area contributed by atoms with Crippen LogP contribution in [0.5, 0.6) is 5.75 Å². The summed E-state index contributed by atoms with van der Waals surface area (Å²) in [6.45, 7) is 5.88. The molecule has 1 aliphatic heterocycles. The van der Waals surface area contributed by atoms with Crippen molar-refractivity contribution in [3.63, 3.8) is 0 Å². The Kier molecular flexibility index (Phi) is 6.09. The number of halogens is 1. The molecule has 0 saturated carbocycles. The second-order valence-corrected chi connectivity index (χ2v) is 7.40. The fourth-order valence-corrected chi connectivity index (χ4v) is 3.75. The zero-order valence-electron chi connectivity index (χ0n) is 16.9. The number of hydrogen-bond donors (Lipinski definition) is 2. The average Bonchev–Trinajstić information content (AvgIpc) is 2.77. The summed E-state index contributed by atoms with van der Waals surface area (Å²) in [6, 6.07) is 15.7. The van der Waals surface area contributed by atoms with Crippen molar-refractivity contribution in [1.82, 2.24) is 9.97 Å². The van der Waals surface area contributed by atoms with Crippen LogP contribution in [0.1, 0.15) is 6.92 Å². The highest BCUT2D eigenvalue weighted by Crippen LogP contribution is 2.33. The van der Waals surface area contributed by atoms with Gasteiger partial charge in [0.25, 0.3) is 0 Å². The number of piperazine rings is 1. The van der Waals surface area contributed by atoms with Gasteiger partial charge in [-0.15, -0.1) is 0 Å². The number of benzene rings is 2. The van der Waals surface area contributed by atoms with E-state index in [0.29, 0.717) is 18.1 Å². The van der Waals surface area contributed by atoms with Crippen molar-refractivity contribution in [1.29, 1.82) is 0 Å². The number of anilines is 5. The maximum Gasteiger partial charge on any atom is 0.159 e. The molecule has 3 N–H and O–H groups in total. The standard InChI is InChI=1S/C22H25ClN6O/c1-2-30-19-9-4-3-8-18(19)27-21-20(24)22(26-15-25-21)29-12-10-28(11-13-29)17-7-5-6-16(23)14-17/h3-9,14-15H,2,10-13,24H2,1H3,(H,25,26,27). The lowest BCUT2D eigenvalue weighted by Crippen LogP contribution is -2.47. The van der Waals surface area contributed by atoms with Crippen LogP contribution >= 0.6 is 11.6 Å². The smallest absolute Gasteiger partial charge is 0.159 e.